The summed E-state index contributed by atoms with van der Waals surface area (Å²) in [5.74, 6) is 0. The standard InChI is InChI=1S/C16H25NO/c1-2-3-4-5-6-14-7-9-15(10-8-14)16-13-17-11-12-18-16/h7-10,16-17H,2-6,11-13H2,1H3. The van der Waals surface area contributed by atoms with Gasteiger partial charge in [0, 0.05) is 13.1 Å². The van der Waals surface area contributed by atoms with Crippen LogP contribution in [-0.4, -0.2) is 19.7 Å². The molecule has 0 aliphatic carbocycles. The summed E-state index contributed by atoms with van der Waals surface area (Å²) in [7, 11) is 0. The van der Waals surface area contributed by atoms with E-state index in [0.29, 0.717) is 0 Å². The van der Waals surface area contributed by atoms with Gasteiger partial charge in [0.1, 0.15) is 0 Å². The first-order chi connectivity index (χ1) is 8.90. The Morgan fingerprint density at radius 2 is 2.00 bits per heavy atom. The second-order valence-electron chi connectivity index (χ2n) is 5.12. The highest BCUT2D eigenvalue weighted by atomic mass is 16.5. The highest BCUT2D eigenvalue weighted by Gasteiger charge is 2.14. The fourth-order valence-corrected chi connectivity index (χ4v) is 2.43. The quantitative estimate of drug-likeness (QED) is 0.777. The van der Waals surface area contributed by atoms with Gasteiger partial charge in [0.25, 0.3) is 0 Å². The van der Waals surface area contributed by atoms with Crippen molar-refractivity contribution in [2.75, 3.05) is 19.7 Å². The molecule has 100 valence electrons. The lowest BCUT2D eigenvalue weighted by Gasteiger charge is -2.24. The summed E-state index contributed by atoms with van der Waals surface area (Å²) in [6.45, 7) is 5.00. The van der Waals surface area contributed by atoms with Gasteiger partial charge in [-0.3, -0.25) is 0 Å². The van der Waals surface area contributed by atoms with Crippen molar-refractivity contribution in [3.8, 4) is 0 Å². The minimum Gasteiger partial charge on any atom is -0.371 e. The maximum atomic E-state index is 5.75. The number of hydrogen-bond donors (Lipinski definition) is 1. The van der Waals surface area contributed by atoms with Crippen molar-refractivity contribution in [1.29, 1.82) is 0 Å². The van der Waals surface area contributed by atoms with Crippen LogP contribution < -0.4 is 5.32 Å². The molecule has 0 amide bonds. The number of rotatable bonds is 6. The van der Waals surface area contributed by atoms with E-state index in [1.165, 1.54) is 43.2 Å². The molecule has 1 aliphatic rings. The predicted octanol–water partition coefficient (Wildman–Crippen LogP) is 3.47. The molecular weight excluding hydrogens is 222 g/mol. The van der Waals surface area contributed by atoms with Crippen LogP contribution in [0.1, 0.15) is 49.8 Å². The Bertz CT molecular complexity index is 327. The van der Waals surface area contributed by atoms with Crippen LogP contribution in [0.5, 0.6) is 0 Å². The van der Waals surface area contributed by atoms with E-state index in [-0.39, 0.29) is 6.10 Å². The average molecular weight is 247 g/mol. The van der Waals surface area contributed by atoms with E-state index in [9.17, 15) is 0 Å². The molecule has 2 rings (SSSR count). The maximum Gasteiger partial charge on any atom is 0.0949 e. The zero-order valence-corrected chi connectivity index (χ0v) is 11.5. The molecule has 1 atom stereocenters. The van der Waals surface area contributed by atoms with Gasteiger partial charge in [-0.25, -0.2) is 0 Å². The molecule has 0 bridgehead atoms. The van der Waals surface area contributed by atoms with E-state index in [1.54, 1.807) is 0 Å². The maximum absolute atomic E-state index is 5.75. The van der Waals surface area contributed by atoms with Crippen molar-refractivity contribution in [3.05, 3.63) is 35.4 Å². The second-order valence-corrected chi connectivity index (χ2v) is 5.12. The Kier molecular flexibility index (Phi) is 5.69. The molecule has 18 heavy (non-hydrogen) atoms. The van der Waals surface area contributed by atoms with Crippen LogP contribution in [0.2, 0.25) is 0 Å². The van der Waals surface area contributed by atoms with Gasteiger partial charge in [0.2, 0.25) is 0 Å². The molecular formula is C16H25NO. The molecule has 2 heteroatoms. The molecule has 1 unspecified atom stereocenters. The second kappa shape index (κ2) is 7.55. The Morgan fingerprint density at radius 3 is 2.67 bits per heavy atom. The van der Waals surface area contributed by atoms with Crippen molar-refractivity contribution in [3.63, 3.8) is 0 Å². The van der Waals surface area contributed by atoms with Gasteiger partial charge in [-0.15, -0.1) is 0 Å². The van der Waals surface area contributed by atoms with Gasteiger partial charge >= 0.3 is 0 Å². The molecule has 0 spiro atoms. The lowest BCUT2D eigenvalue weighted by atomic mass is 10.0. The van der Waals surface area contributed by atoms with Gasteiger partial charge < -0.3 is 10.1 Å². The Hall–Kier alpha value is -0.860. The third-order valence-corrected chi connectivity index (χ3v) is 3.60. The summed E-state index contributed by atoms with van der Waals surface area (Å²) in [6, 6.07) is 8.98. The van der Waals surface area contributed by atoms with E-state index < -0.39 is 0 Å². The number of ether oxygens (including phenoxy) is 1. The number of aryl methyl sites for hydroxylation is 1. The summed E-state index contributed by atoms with van der Waals surface area (Å²) in [4.78, 5) is 0. The highest BCUT2D eigenvalue weighted by molar-refractivity contribution is 5.24. The number of hydrogen-bond acceptors (Lipinski definition) is 2. The number of benzene rings is 1. The van der Waals surface area contributed by atoms with Gasteiger partial charge in [-0.2, -0.15) is 0 Å². The van der Waals surface area contributed by atoms with Crippen LogP contribution in [-0.2, 0) is 11.2 Å². The molecule has 0 saturated carbocycles. The SMILES string of the molecule is CCCCCCc1ccc(C2CNCCO2)cc1. The van der Waals surface area contributed by atoms with Crippen molar-refractivity contribution in [2.24, 2.45) is 0 Å². The molecule has 1 aromatic rings. The van der Waals surface area contributed by atoms with Crippen molar-refractivity contribution < 1.29 is 4.74 Å². The normalized spacial score (nSPS) is 19.9. The lowest BCUT2D eigenvalue weighted by molar-refractivity contribution is 0.0277. The van der Waals surface area contributed by atoms with E-state index >= 15 is 0 Å². The van der Waals surface area contributed by atoms with Crippen LogP contribution in [0, 0.1) is 0 Å². The predicted molar refractivity (Wildman–Crippen MR) is 75.9 cm³/mol. The Balaban J connectivity index is 1.81. The van der Waals surface area contributed by atoms with E-state index in [4.69, 9.17) is 4.74 Å². The van der Waals surface area contributed by atoms with Gasteiger partial charge in [0.15, 0.2) is 0 Å². The molecule has 1 fully saturated rings. The van der Waals surface area contributed by atoms with Crippen LogP contribution in [0.3, 0.4) is 0 Å². The van der Waals surface area contributed by atoms with Gasteiger partial charge in [0.05, 0.1) is 12.7 Å². The molecule has 1 heterocycles. The number of unbranched alkanes of at least 4 members (excludes halogenated alkanes) is 3. The summed E-state index contributed by atoms with van der Waals surface area (Å²) >= 11 is 0. The van der Waals surface area contributed by atoms with Crippen molar-refractivity contribution in [2.45, 2.75) is 45.1 Å². The zero-order chi connectivity index (χ0) is 12.6. The molecule has 1 saturated heterocycles. The highest BCUT2D eigenvalue weighted by Crippen LogP contribution is 2.19. The fourth-order valence-electron chi connectivity index (χ4n) is 2.43. The minimum atomic E-state index is 0.243. The molecule has 1 aromatic carbocycles. The molecule has 1 N–H and O–H groups in total. The third-order valence-electron chi connectivity index (χ3n) is 3.60. The number of morpholine rings is 1. The molecule has 1 aliphatic heterocycles. The zero-order valence-electron chi connectivity index (χ0n) is 11.5. The van der Waals surface area contributed by atoms with Gasteiger partial charge in [-0.1, -0.05) is 50.5 Å². The summed E-state index contributed by atoms with van der Waals surface area (Å²) in [6.07, 6.45) is 6.80. The van der Waals surface area contributed by atoms with Crippen LogP contribution >= 0.6 is 0 Å². The fraction of sp³-hybridized carbons (Fsp3) is 0.625. The average Bonchev–Trinajstić information content (AvgIpc) is 2.45. The van der Waals surface area contributed by atoms with E-state index in [1.807, 2.05) is 0 Å². The van der Waals surface area contributed by atoms with Crippen molar-refractivity contribution in [1.82, 2.24) is 5.32 Å². The first-order valence-corrected chi connectivity index (χ1v) is 7.31. The topological polar surface area (TPSA) is 21.3 Å². The summed E-state index contributed by atoms with van der Waals surface area (Å²) < 4.78 is 5.75. The molecule has 0 aromatic heterocycles. The minimum absolute atomic E-state index is 0.243. The van der Waals surface area contributed by atoms with E-state index in [2.05, 4.69) is 36.5 Å². The molecule has 0 radical (unpaired) electrons. The van der Waals surface area contributed by atoms with Gasteiger partial charge in [-0.05, 0) is 24.0 Å². The van der Waals surface area contributed by atoms with Crippen LogP contribution in [0.15, 0.2) is 24.3 Å². The molecule has 2 nitrogen and oxygen atoms in total. The van der Waals surface area contributed by atoms with E-state index in [0.717, 1.165) is 19.7 Å². The third kappa shape index (κ3) is 4.11. The van der Waals surface area contributed by atoms with Crippen LogP contribution in [0.4, 0.5) is 0 Å². The lowest BCUT2D eigenvalue weighted by Crippen LogP contribution is -2.33. The number of nitrogens with one attached hydrogen (secondary N) is 1. The Morgan fingerprint density at radius 1 is 1.17 bits per heavy atom. The summed E-state index contributed by atoms with van der Waals surface area (Å²) in [5, 5.41) is 3.37. The first kappa shape index (κ1) is 13.6. The smallest absolute Gasteiger partial charge is 0.0949 e. The van der Waals surface area contributed by atoms with Crippen molar-refractivity contribution >= 4 is 0 Å². The van der Waals surface area contributed by atoms with Crippen LogP contribution in [0.25, 0.3) is 0 Å². The monoisotopic (exact) mass is 247 g/mol. The first-order valence-electron chi connectivity index (χ1n) is 7.31. The Labute approximate surface area is 111 Å². The summed E-state index contributed by atoms with van der Waals surface area (Å²) in [5.41, 5.74) is 2.76. The largest absolute Gasteiger partial charge is 0.371 e.